The van der Waals surface area contributed by atoms with Gasteiger partial charge in [-0.2, -0.15) is 0 Å². The van der Waals surface area contributed by atoms with Gasteiger partial charge >= 0.3 is 5.69 Å². The molecule has 0 aliphatic rings. The number of amides is 1. The summed E-state index contributed by atoms with van der Waals surface area (Å²) in [5.41, 5.74) is -0.791. The number of carbonyl (C=O) groups excluding carboxylic acids is 1. The Labute approximate surface area is 119 Å². The van der Waals surface area contributed by atoms with E-state index in [1.165, 1.54) is 24.2 Å². The SMILES string of the molecule is CN(Cc1ccccc1F)C(=O)Cn1ccc(=O)[nH]c1=O. The van der Waals surface area contributed by atoms with Gasteiger partial charge in [0.25, 0.3) is 5.56 Å². The van der Waals surface area contributed by atoms with Gasteiger partial charge in [-0.05, 0) is 6.07 Å². The average Bonchev–Trinajstić information content (AvgIpc) is 2.44. The highest BCUT2D eigenvalue weighted by Gasteiger charge is 2.12. The number of hydrogen-bond donors (Lipinski definition) is 1. The van der Waals surface area contributed by atoms with Crippen molar-refractivity contribution in [2.24, 2.45) is 0 Å². The molecule has 0 unspecified atom stereocenters. The Balaban J connectivity index is 2.08. The minimum absolute atomic E-state index is 0.101. The molecule has 2 aromatic rings. The Bertz CT molecular complexity index is 766. The van der Waals surface area contributed by atoms with Crippen molar-refractivity contribution in [2.75, 3.05) is 7.05 Å². The number of halogens is 1. The smallest absolute Gasteiger partial charge is 0.328 e. The fourth-order valence-electron chi connectivity index (χ4n) is 1.81. The third-order valence-corrected chi connectivity index (χ3v) is 2.99. The second kappa shape index (κ2) is 6.17. The fourth-order valence-corrected chi connectivity index (χ4v) is 1.81. The third-order valence-electron chi connectivity index (χ3n) is 2.99. The first-order valence-corrected chi connectivity index (χ1v) is 6.24. The molecule has 0 bridgehead atoms. The van der Waals surface area contributed by atoms with Gasteiger partial charge in [0.05, 0.1) is 0 Å². The molecular weight excluding hydrogens is 277 g/mol. The Morgan fingerprint density at radius 2 is 2.00 bits per heavy atom. The van der Waals surface area contributed by atoms with Crippen LogP contribution in [-0.4, -0.2) is 27.4 Å². The zero-order valence-corrected chi connectivity index (χ0v) is 11.4. The molecule has 0 aliphatic carbocycles. The van der Waals surface area contributed by atoms with Crippen molar-refractivity contribution in [1.29, 1.82) is 0 Å². The molecule has 1 aromatic heterocycles. The fraction of sp³-hybridized carbons (Fsp3) is 0.214. The minimum atomic E-state index is -0.657. The third kappa shape index (κ3) is 3.65. The summed E-state index contributed by atoms with van der Waals surface area (Å²) >= 11 is 0. The van der Waals surface area contributed by atoms with E-state index in [4.69, 9.17) is 0 Å². The lowest BCUT2D eigenvalue weighted by molar-refractivity contribution is -0.131. The van der Waals surface area contributed by atoms with E-state index in [9.17, 15) is 18.8 Å². The standard InChI is InChI=1S/C14H14FN3O3/c1-17(8-10-4-2-3-5-11(10)15)13(20)9-18-7-6-12(19)16-14(18)21/h2-7H,8-9H2,1H3,(H,16,19,21). The molecule has 1 heterocycles. The number of benzene rings is 1. The van der Waals surface area contributed by atoms with Crippen LogP contribution in [0.2, 0.25) is 0 Å². The van der Waals surface area contributed by atoms with E-state index in [0.29, 0.717) is 5.56 Å². The monoisotopic (exact) mass is 291 g/mol. The molecule has 6 nitrogen and oxygen atoms in total. The maximum absolute atomic E-state index is 13.5. The van der Waals surface area contributed by atoms with Crippen LogP contribution in [0.1, 0.15) is 5.56 Å². The molecule has 1 N–H and O–H groups in total. The number of H-pyrrole nitrogens is 1. The summed E-state index contributed by atoms with van der Waals surface area (Å²) in [4.78, 5) is 37.8. The molecule has 1 aromatic carbocycles. The predicted molar refractivity (Wildman–Crippen MR) is 74.2 cm³/mol. The summed E-state index contributed by atoms with van der Waals surface area (Å²) in [6, 6.07) is 7.32. The van der Waals surface area contributed by atoms with Crippen molar-refractivity contribution in [2.45, 2.75) is 13.1 Å². The van der Waals surface area contributed by atoms with Gasteiger partial charge in [-0.1, -0.05) is 18.2 Å². The van der Waals surface area contributed by atoms with Crippen LogP contribution < -0.4 is 11.2 Å². The molecule has 21 heavy (non-hydrogen) atoms. The zero-order valence-electron chi connectivity index (χ0n) is 11.4. The number of likely N-dealkylation sites (N-methyl/N-ethyl adjacent to an activating group) is 1. The number of aromatic amines is 1. The predicted octanol–water partition coefficient (Wildman–Crippen LogP) is 0.334. The maximum Gasteiger partial charge on any atom is 0.328 e. The highest BCUT2D eigenvalue weighted by atomic mass is 19.1. The molecule has 110 valence electrons. The molecule has 0 atom stereocenters. The molecule has 0 fully saturated rings. The lowest BCUT2D eigenvalue weighted by atomic mass is 10.2. The van der Waals surface area contributed by atoms with Crippen molar-refractivity contribution >= 4 is 5.91 Å². The van der Waals surface area contributed by atoms with Gasteiger partial charge in [-0.3, -0.25) is 19.1 Å². The van der Waals surface area contributed by atoms with Crippen LogP contribution in [-0.2, 0) is 17.9 Å². The van der Waals surface area contributed by atoms with Crippen LogP contribution >= 0.6 is 0 Å². The number of aromatic nitrogens is 2. The van der Waals surface area contributed by atoms with Crippen molar-refractivity contribution < 1.29 is 9.18 Å². The summed E-state index contributed by atoms with van der Waals surface area (Å²) in [5.74, 6) is -0.759. The largest absolute Gasteiger partial charge is 0.340 e. The van der Waals surface area contributed by atoms with Crippen LogP contribution in [0.5, 0.6) is 0 Å². The summed E-state index contributed by atoms with van der Waals surface area (Å²) < 4.78 is 14.6. The van der Waals surface area contributed by atoms with E-state index < -0.39 is 17.1 Å². The molecule has 7 heteroatoms. The van der Waals surface area contributed by atoms with E-state index in [1.807, 2.05) is 0 Å². The Morgan fingerprint density at radius 3 is 2.67 bits per heavy atom. The van der Waals surface area contributed by atoms with E-state index >= 15 is 0 Å². The molecule has 1 amide bonds. The Morgan fingerprint density at radius 1 is 1.29 bits per heavy atom. The van der Waals surface area contributed by atoms with Crippen molar-refractivity contribution in [3.8, 4) is 0 Å². The van der Waals surface area contributed by atoms with Gasteiger partial charge in [0, 0.05) is 31.4 Å². The van der Waals surface area contributed by atoms with Gasteiger partial charge in [-0.15, -0.1) is 0 Å². The normalized spacial score (nSPS) is 10.4. The van der Waals surface area contributed by atoms with Crippen LogP contribution in [0, 0.1) is 5.82 Å². The number of nitrogens with one attached hydrogen (secondary N) is 1. The molecule has 0 radical (unpaired) electrons. The lowest BCUT2D eigenvalue weighted by Crippen LogP contribution is -2.36. The summed E-state index contributed by atoms with van der Waals surface area (Å²) in [7, 11) is 1.52. The first kappa shape index (κ1) is 14.7. The van der Waals surface area contributed by atoms with Crippen LogP contribution in [0.4, 0.5) is 4.39 Å². The topological polar surface area (TPSA) is 75.2 Å². The molecule has 0 saturated carbocycles. The van der Waals surface area contributed by atoms with Gasteiger partial charge in [0.1, 0.15) is 12.4 Å². The van der Waals surface area contributed by atoms with Crippen LogP contribution in [0.25, 0.3) is 0 Å². The van der Waals surface area contributed by atoms with Crippen LogP contribution in [0.3, 0.4) is 0 Å². The van der Waals surface area contributed by atoms with Gasteiger partial charge < -0.3 is 4.90 Å². The average molecular weight is 291 g/mol. The van der Waals surface area contributed by atoms with Crippen molar-refractivity contribution in [3.05, 3.63) is 68.7 Å². The molecule has 0 saturated heterocycles. The second-order valence-corrected chi connectivity index (χ2v) is 4.58. The van der Waals surface area contributed by atoms with E-state index in [1.54, 1.807) is 18.2 Å². The zero-order chi connectivity index (χ0) is 15.4. The molecule has 2 rings (SSSR count). The van der Waals surface area contributed by atoms with Gasteiger partial charge in [0.15, 0.2) is 0 Å². The number of hydrogen-bond acceptors (Lipinski definition) is 3. The van der Waals surface area contributed by atoms with Gasteiger partial charge in [-0.25, -0.2) is 9.18 Å². The minimum Gasteiger partial charge on any atom is -0.340 e. The first-order chi connectivity index (χ1) is 9.97. The summed E-state index contributed by atoms with van der Waals surface area (Å²) in [6.07, 6.45) is 1.25. The summed E-state index contributed by atoms with van der Waals surface area (Å²) in [5, 5.41) is 0. The second-order valence-electron chi connectivity index (χ2n) is 4.58. The maximum atomic E-state index is 13.5. The summed E-state index contributed by atoms with van der Waals surface area (Å²) in [6.45, 7) is -0.121. The van der Waals surface area contributed by atoms with E-state index in [0.717, 1.165) is 10.6 Å². The number of rotatable bonds is 4. The molecule has 0 spiro atoms. The Hall–Kier alpha value is -2.70. The van der Waals surface area contributed by atoms with Crippen LogP contribution in [0.15, 0.2) is 46.1 Å². The van der Waals surface area contributed by atoms with E-state index in [2.05, 4.69) is 4.98 Å². The van der Waals surface area contributed by atoms with Crippen molar-refractivity contribution in [3.63, 3.8) is 0 Å². The highest BCUT2D eigenvalue weighted by molar-refractivity contribution is 5.75. The number of carbonyl (C=O) groups is 1. The van der Waals surface area contributed by atoms with Gasteiger partial charge in [0.2, 0.25) is 5.91 Å². The number of nitrogens with zero attached hydrogens (tertiary/aromatic N) is 2. The molecular formula is C14H14FN3O3. The molecule has 0 aliphatic heterocycles. The van der Waals surface area contributed by atoms with E-state index in [-0.39, 0.29) is 19.0 Å². The van der Waals surface area contributed by atoms with Crippen molar-refractivity contribution in [1.82, 2.24) is 14.5 Å². The Kier molecular flexibility index (Phi) is 4.32. The lowest BCUT2D eigenvalue weighted by Gasteiger charge is -2.18. The first-order valence-electron chi connectivity index (χ1n) is 6.24. The quantitative estimate of drug-likeness (QED) is 0.882. The highest BCUT2D eigenvalue weighted by Crippen LogP contribution is 2.09.